The van der Waals surface area contributed by atoms with Crippen LogP contribution in [0, 0.1) is 5.82 Å². The van der Waals surface area contributed by atoms with Crippen LogP contribution in [0.15, 0.2) is 83.8 Å². The zero-order valence-electron chi connectivity index (χ0n) is 15.9. The van der Waals surface area contributed by atoms with Crippen LogP contribution in [0.5, 0.6) is 0 Å². The molecule has 0 aliphatic heterocycles. The first kappa shape index (κ1) is 20.5. The topological polar surface area (TPSA) is 66.5 Å². The highest BCUT2D eigenvalue weighted by Crippen LogP contribution is 2.24. The van der Waals surface area contributed by atoms with Crippen LogP contribution < -0.4 is 9.62 Å². The maximum Gasteiger partial charge on any atom is 0.264 e. The van der Waals surface area contributed by atoms with E-state index < -0.39 is 28.3 Å². The van der Waals surface area contributed by atoms with E-state index in [0.717, 1.165) is 28.4 Å². The van der Waals surface area contributed by atoms with Crippen molar-refractivity contribution in [3.63, 3.8) is 0 Å². The number of halogens is 1. The summed E-state index contributed by atoms with van der Waals surface area (Å²) in [5.41, 5.74) is 1.90. The zero-order valence-corrected chi connectivity index (χ0v) is 16.7. The zero-order chi connectivity index (χ0) is 20.9. The van der Waals surface area contributed by atoms with Crippen molar-refractivity contribution in [1.29, 1.82) is 0 Å². The molecule has 7 heteroatoms. The van der Waals surface area contributed by atoms with Gasteiger partial charge in [-0.25, -0.2) is 12.8 Å². The number of benzene rings is 3. The van der Waals surface area contributed by atoms with Crippen molar-refractivity contribution < 1.29 is 17.6 Å². The maximum absolute atomic E-state index is 13.3. The molecule has 0 aliphatic rings. The largest absolute Gasteiger partial charge is 0.325 e. The highest BCUT2D eigenvalue weighted by molar-refractivity contribution is 7.92. The van der Waals surface area contributed by atoms with Gasteiger partial charge in [0.05, 0.1) is 10.6 Å². The van der Waals surface area contributed by atoms with Gasteiger partial charge in [-0.3, -0.25) is 9.10 Å². The molecule has 5 nitrogen and oxygen atoms in total. The lowest BCUT2D eigenvalue weighted by Gasteiger charge is -2.24. The monoisotopic (exact) mass is 412 g/mol. The average molecular weight is 412 g/mol. The highest BCUT2D eigenvalue weighted by Gasteiger charge is 2.27. The van der Waals surface area contributed by atoms with Crippen LogP contribution in [0.1, 0.15) is 12.5 Å². The van der Waals surface area contributed by atoms with E-state index in [1.165, 1.54) is 24.3 Å². The first-order valence-electron chi connectivity index (χ1n) is 9.12. The minimum absolute atomic E-state index is 0.0458. The lowest BCUT2D eigenvalue weighted by atomic mass is 10.1. The Hall–Kier alpha value is -3.19. The van der Waals surface area contributed by atoms with E-state index >= 15 is 0 Å². The minimum atomic E-state index is -4.01. The molecule has 150 valence electrons. The second-order valence-electron chi connectivity index (χ2n) is 6.40. The molecule has 0 unspecified atom stereocenters. The second kappa shape index (κ2) is 8.87. The lowest BCUT2D eigenvalue weighted by Crippen LogP contribution is -2.38. The van der Waals surface area contributed by atoms with Gasteiger partial charge < -0.3 is 5.32 Å². The SMILES string of the molecule is CCc1ccc(NC(=O)CN(c2ccc(F)cc2)S(=O)(=O)c2ccccc2)cc1. The summed E-state index contributed by atoms with van der Waals surface area (Å²) in [5, 5.41) is 2.71. The van der Waals surface area contributed by atoms with E-state index in [0.29, 0.717) is 5.69 Å². The summed E-state index contributed by atoms with van der Waals surface area (Å²) in [4.78, 5) is 12.7. The van der Waals surface area contributed by atoms with E-state index in [4.69, 9.17) is 0 Å². The molecule has 0 saturated heterocycles. The third kappa shape index (κ3) is 5.00. The quantitative estimate of drug-likeness (QED) is 0.632. The third-order valence-corrected chi connectivity index (χ3v) is 6.17. The van der Waals surface area contributed by atoms with Gasteiger partial charge in [-0.1, -0.05) is 37.3 Å². The van der Waals surface area contributed by atoms with Crippen LogP contribution in [0.4, 0.5) is 15.8 Å². The number of nitrogens with one attached hydrogen (secondary N) is 1. The predicted molar refractivity (Wildman–Crippen MR) is 112 cm³/mol. The normalized spacial score (nSPS) is 11.1. The molecule has 3 aromatic rings. The number of carbonyl (C=O) groups is 1. The van der Waals surface area contributed by atoms with Gasteiger partial charge in [-0.15, -0.1) is 0 Å². The average Bonchev–Trinajstić information content (AvgIpc) is 2.74. The first-order valence-corrected chi connectivity index (χ1v) is 10.6. The van der Waals surface area contributed by atoms with Gasteiger partial charge in [0.15, 0.2) is 0 Å². The Kier molecular flexibility index (Phi) is 6.29. The van der Waals surface area contributed by atoms with Gasteiger partial charge in [0.2, 0.25) is 5.91 Å². The summed E-state index contributed by atoms with van der Waals surface area (Å²) in [5.74, 6) is -0.996. The van der Waals surface area contributed by atoms with Gasteiger partial charge in [0.1, 0.15) is 12.4 Å². The van der Waals surface area contributed by atoms with E-state index in [-0.39, 0.29) is 10.6 Å². The fraction of sp³-hybridized carbons (Fsp3) is 0.136. The van der Waals surface area contributed by atoms with Crippen LogP contribution in [0.2, 0.25) is 0 Å². The third-order valence-electron chi connectivity index (χ3n) is 4.38. The van der Waals surface area contributed by atoms with Crippen LogP contribution >= 0.6 is 0 Å². The van der Waals surface area contributed by atoms with E-state index in [1.54, 1.807) is 30.3 Å². The molecular formula is C22H21FN2O3S. The Balaban J connectivity index is 1.88. The molecule has 0 fully saturated rings. The Morgan fingerprint density at radius 3 is 2.14 bits per heavy atom. The summed E-state index contributed by atoms with van der Waals surface area (Å²) in [6.07, 6.45) is 0.877. The van der Waals surface area contributed by atoms with Crippen molar-refractivity contribution in [2.75, 3.05) is 16.2 Å². The van der Waals surface area contributed by atoms with Crippen LogP contribution in [-0.4, -0.2) is 20.9 Å². The number of hydrogen-bond donors (Lipinski definition) is 1. The predicted octanol–water partition coefficient (Wildman–Crippen LogP) is 4.22. The number of sulfonamides is 1. The molecule has 0 radical (unpaired) electrons. The van der Waals surface area contributed by atoms with Gasteiger partial charge in [-0.2, -0.15) is 0 Å². The number of nitrogens with zero attached hydrogens (tertiary/aromatic N) is 1. The summed E-state index contributed by atoms with van der Waals surface area (Å²) >= 11 is 0. The molecule has 0 aliphatic carbocycles. The molecular weight excluding hydrogens is 391 g/mol. The molecule has 0 heterocycles. The van der Waals surface area contributed by atoms with Gasteiger partial charge in [0, 0.05) is 5.69 Å². The molecule has 29 heavy (non-hydrogen) atoms. The van der Waals surface area contributed by atoms with Crippen molar-refractivity contribution in [3.8, 4) is 0 Å². The van der Waals surface area contributed by atoms with Crippen molar-refractivity contribution in [1.82, 2.24) is 0 Å². The first-order chi connectivity index (χ1) is 13.9. The van der Waals surface area contributed by atoms with Gasteiger partial charge >= 0.3 is 0 Å². The van der Waals surface area contributed by atoms with Crippen LogP contribution in [0.25, 0.3) is 0 Å². The molecule has 0 atom stereocenters. The smallest absolute Gasteiger partial charge is 0.264 e. The van der Waals surface area contributed by atoms with E-state index in [1.807, 2.05) is 19.1 Å². The maximum atomic E-state index is 13.3. The molecule has 0 aromatic heterocycles. The summed E-state index contributed by atoms with van der Waals surface area (Å²) in [6.45, 7) is 1.58. The number of rotatable bonds is 7. The minimum Gasteiger partial charge on any atom is -0.325 e. The summed E-state index contributed by atoms with van der Waals surface area (Å²) in [7, 11) is -4.01. The number of hydrogen-bond acceptors (Lipinski definition) is 3. The molecule has 0 bridgehead atoms. The van der Waals surface area contributed by atoms with E-state index in [9.17, 15) is 17.6 Å². The fourth-order valence-corrected chi connectivity index (χ4v) is 4.24. The molecule has 3 rings (SSSR count). The molecule has 3 aromatic carbocycles. The van der Waals surface area contributed by atoms with Crippen LogP contribution in [-0.2, 0) is 21.2 Å². The Morgan fingerprint density at radius 2 is 1.55 bits per heavy atom. The van der Waals surface area contributed by atoms with Crippen molar-refractivity contribution >= 4 is 27.3 Å². The Bertz CT molecular complexity index is 1070. The number of aryl methyl sites for hydroxylation is 1. The summed E-state index contributed by atoms with van der Waals surface area (Å²) < 4.78 is 40.6. The number of anilines is 2. The summed E-state index contributed by atoms with van der Waals surface area (Å²) in [6, 6.07) is 20.1. The molecule has 1 N–H and O–H groups in total. The molecule has 0 saturated carbocycles. The van der Waals surface area contributed by atoms with Crippen molar-refractivity contribution in [3.05, 3.63) is 90.2 Å². The second-order valence-corrected chi connectivity index (χ2v) is 8.26. The number of amides is 1. The molecule has 1 amide bonds. The van der Waals surface area contributed by atoms with Gasteiger partial charge in [0.25, 0.3) is 10.0 Å². The molecule has 0 spiro atoms. The fourth-order valence-electron chi connectivity index (χ4n) is 2.80. The standard InChI is InChI=1S/C22H21FN2O3S/c1-2-17-8-12-19(13-9-17)24-22(26)16-25(20-14-10-18(23)11-15-20)29(27,28)21-6-4-3-5-7-21/h3-15H,2,16H2,1H3,(H,24,26). The van der Waals surface area contributed by atoms with E-state index in [2.05, 4.69) is 5.32 Å². The Morgan fingerprint density at radius 1 is 0.931 bits per heavy atom. The Labute approximate surface area is 169 Å². The van der Waals surface area contributed by atoms with Crippen LogP contribution in [0.3, 0.4) is 0 Å². The van der Waals surface area contributed by atoms with Crippen molar-refractivity contribution in [2.24, 2.45) is 0 Å². The van der Waals surface area contributed by atoms with Gasteiger partial charge in [-0.05, 0) is 60.5 Å². The lowest BCUT2D eigenvalue weighted by molar-refractivity contribution is -0.114. The van der Waals surface area contributed by atoms with Crippen molar-refractivity contribution in [2.45, 2.75) is 18.2 Å². The highest BCUT2D eigenvalue weighted by atomic mass is 32.2. The number of carbonyl (C=O) groups excluding carboxylic acids is 1.